The number of carboxylic acid groups (broad SMARTS) is 1. The van der Waals surface area contributed by atoms with Crippen LogP contribution in [0, 0.1) is 17.3 Å². The van der Waals surface area contributed by atoms with Crippen molar-refractivity contribution >= 4 is 5.97 Å². The summed E-state index contributed by atoms with van der Waals surface area (Å²) in [6.07, 6.45) is 3.05. The Morgan fingerprint density at radius 3 is 2.60 bits per heavy atom. The lowest BCUT2D eigenvalue weighted by Crippen LogP contribution is -2.27. The number of hydrogen-bond acceptors (Lipinski definition) is 4. The molecule has 20 heavy (non-hydrogen) atoms. The molecule has 2 rings (SSSR count). The van der Waals surface area contributed by atoms with Crippen LogP contribution in [-0.4, -0.2) is 31.3 Å². The molecule has 1 heterocycles. The molecule has 2 atom stereocenters. The predicted octanol–water partition coefficient (Wildman–Crippen LogP) is 2.32. The summed E-state index contributed by atoms with van der Waals surface area (Å²) >= 11 is 0. The number of aromatic nitrogens is 4. The molecular weight excluding hydrogens is 256 g/mol. The van der Waals surface area contributed by atoms with Gasteiger partial charge in [-0.3, -0.25) is 4.79 Å². The molecule has 6 heteroatoms. The third-order valence-corrected chi connectivity index (χ3v) is 3.90. The molecule has 0 aliphatic heterocycles. The first kappa shape index (κ1) is 14.9. The molecule has 1 aliphatic carbocycles. The van der Waals surface area contributed by atoms with E-state index in [4.69, 9.17) is 0 Å². The molecular formula is C14H24N4O2. The molecule has 1 fully saturated rings. The topological polar surface area (TPSA) is 80.9 Å². The van der Waals surface area contributed by atoms with Gasteiger partial charge in [-0.05, 0) is 41.0 Å². The molecule has 0 bridgehead atoms. The van der Waals surface area contributed by atoms with Crippen molar-refractivity contribution in [2.45, 2.75) is 59.4 Å². The van der Waals surface area contributed by atoms with Crippen molar-refractivity contribution < 1.29 is 9.90 Å². The average molecular weight is 280 g/mol. The molecule has 0 aromatic carbocycles. The maximum atomic E-state index is 11.4. The van der Waals surface area contributed by atoms with Crippen molar-refractivity contribution in [3.8, 4) is 0 Å². The summed E-state index contributed by atoms with van der Waals surface area (Å²) in [5.74, 6) is 0.566. The van der Waals surface area contributed by atoms with Gasteiger partial charge >= 0.3 is 5.97 Å². The molecule has 1 N–H and O–H groups in total. The van der Waals surface area contributed by atoms with Gasteiger partial charge in [0.1, 0.15) is 0 Å². The van der Waals surface area contributed by atoms with Crippen molar-refractivity contribution in [3.63, 3.8) is 0 Å². The summed E-state index contributed by atoms with van der Waals surface area (Å²) in [4.78, 5) is 11.4. The Bertz CT molecular complexity index is 474. The SMILES string of the molecule is CC(c1nnnn1CC(CC(C)(C)C)C(=O)O)C1CC1. The van der Waals surface area contributed by atoms with E-state index in [1.54, 1.807) is 4.68 Å². The second-order valence-electron chi connectivity index (χ2n) is 7.15. The zero-order chi connectivity index (χ0) is 14.9. The summed E-state index contributed by atoms with van der Waals surface area (Å²) in [5.41, 5.74) is -0.0284. The maximum absolute atomic E-state index is 11.4. The van der Waals surface area contributed by atoms with Crippen LogP contribution in [0.5, 0.6) is 0 Å². The van der Waals surface area contributed by atoms with Crippen LogP contribution in [0.3, 0.4) is 0 Å². The summed E-state index contributed by atoms with van der Waals surface area (Å²) < 4.78 is 1.69. The minimum Gasteiger partial charge on any atom is -0.481 e. The molecule has 112 valence electrons. The van der Waals surface area contributed by atoms with E-state index >= 15 is 0 Å². The minimum absolute atomic E-state index is 0.0284. The van der Waals surface area contributed by atoms with Crippen molar-refractivity contribution in [3.05, 3.63) is 5.82 Å². The lowest BCUT2D eigenvalue weighted by atomic mass is 9.84. The lowest BCUT2D eigenvalue weighted by Gasteiger charge is -2.23. The molecule has 0 amide bonds. The Morgan fingerprint density at radius 2 is 2.10 bits per heavy atom. The zero-order valence-electron chi connectivity index (χ0n) is 12.7. The van der Waals surface area contributed by atoms with E-state index in [0.29, 0.717) is 24.8 Å². The van der Waals surface area contributed by atoms with E-state index in [2.05, 4.69) is 43.2 Å². The summed E-state index contributed by atoms with van der Waals surface area (Å²) in [6.45, 7) is 8.63. The molecule has 0 saturated heterocycles. The second kappa shape index (κ2) is 5.50. The summed E-state index contributed by atoms with van der Waals surface area (Å²) in [5, 5.41) is 21.2. The van der Waals surface area contributed by atoms with Crippen LogP contribution in [0.2, 0.25) is 0 Å². The highest BCUT2D eigenvalue weighted by Gasteiger charge is 2.33. The second-order valence-corrected chi connectivity index (χ2v) is 7.15. The standard InChI is InChI=1S/C14H24N4O2/c1-9(10-5-6-10)12-15-16-17-18(12)8-11(13(19)20)7-14(2,3)4/h9-11H,5-8H2,1-4H3,(H,19,20). The highest BCUT2D eigenvalue weighted by molar-refractivity contribution is 5.69. The van der Waals surface area contributed by atoms with Crippen LogP contribution in [0.25, 0.3) is 0 Å². The number of rotatable bonds is 6. The van der Waals surface area contributed by atoms with Crippen LogP contribution in [0.4, 0.5) is 0 Å². The molecule has 2 unspecified atom stereocenters. The van der Waals surface area contributed by atoms with Gasteiger partial charge in [-0.15, -0.1) is 5.10 Å². The summed E-state index contributed by atoms with van der Waals surface area (Å²) in [7, 11) is 0. The van der Waals surface area contributed by atoms with Crippen LogP contribution >= 0.6 is 0 Å². The van der Waals surface area contributed by atoms with E-state index in [-0.39, 0.29) is 5.41 Å². The largest absolute Gasteiger partial charge is 0.481 e. The third-order valence-electron chi connectivity index (χ3n) is 3.90. The summed E-state index contributed by atoms with van der Waals surface area (Å²) in [6, 6.07) is 0. The van der Waals surface area contributed by atoms with Gasteiger partial charge in [-0.1, -0.05) is 27.7 Å². The average Bonchev–Trinajstić information content (AvgIpc) is 3.06. The van der Waals surface area contributed by atoms with E-state index < -0.39 is 11.9 Å². The molecule has 1 saturated carbocycles. The fourth-order valence-electron chi connectivity index (χ4n) is 2.65. The van der Waals surface area contributed by atoms with E-state index in [1.165, 1.54) is 12.8 Å². The first-order chi connectivity index (χ1) is 9.28. The van der Waals surface area contributed by atoms with Gasteiger partial charge in [0.05, 0.1) is 12.5 Å². The van der Waals surface area contributed by atoms with Crippen LogP contribution in [0.15, 0.2) is 0 Å². The molecule has 0 spiro atoms. The van der Waals surface area contributed by atoms with Crippen LogP contribution in [-0.2, 0) is 11.3 Å². The molecule has 1 aliphatic rings. The molecule has 6 nitrogen and oxygen atoms in total. The quantitative estimate of drug-likeness (QED) is 0.865. The Hall–Kier alpha value is -1.46. The lowest BCUT2D eigenvalue weighted by molar-refractivity contribution is -0.143. The van der Waals surface area contributed by atoms with Gasteiger partial charge in [0.25, 0.3) is 0 Å². The van der Waals surface area contributed by atoms with Crippen LogP contribution in [0.1, 0.15) is 58.7 Å². The monoisotopic (exact) mass is 280 g/mol. The van der Waals surface area contributed by atoms with Crippen LogP contribution < -0.4 is 0 Å². The molecule has 1 aromatic heterocycles. The van der Waals surface area contributed by atoms with Gasteiger partial charge in [-0.2, -0.15) is 0 Å². The highest BCUT2D eigenvalue weighted by atomic mass is 16.4. The fraction of sp³-hybridized carbons (Fsp3) is 0.857. The van der Waals surface area contributed by atoms with Crippen molar-refractivity contribution in [2.75, 3.05) is 0 Å². The van der Waals surface area contributed by atoms with Crippen molar-refractivity contribution in [2.24, 2.45) is 17.3 Å². The number of aliphatic carboxylic acids is 1. The normalized spacial score (nSPS) is 18.8. The van der Waals surface area contributed by atoms with Gasteiger partial charge in [0, 0.05) is 5.92 Å². The van der Waals surface area contributed by atoms with E-state index in [9.17, 15) is 9.90 Å². The van der Waals surface area contributed by atoms with Gasteiger partial charge < -0.3 is 5.11 Å². The van der Waals surface area contributed by atoms with Crippen molar-refractivity contribution in [1.29, 1.82) is 0 Å². The van der Waals surface area contributed by atoms with Gasteiger partial charge in [0.15, 0.2) is 5.82 Å². The van der Waals surface area contributed by atoms with Gasteiger partial charge in [-0.25, -0.2) is 4.68 Å². The Labute approximate surface area is 119 Å². The molecule has 0 radical (unpaired) electrons. The molecule has 1 aromatic rings. The fourth-order valence-corrected chi connectivity index (χ4v) is 2.65. The number of carbonyl (C=O) groups is 1. The first-order valence-corrected chi connectivity index (χ1v) is 7.27. The number of nitrogens with zero attached hydrogens (tertiary/aromatic N) is 4. The van der Waals surface area contributed by atoms with Crippen molar-refractivity contribution in [1.82, 2.24) is 20.2 Å². The van der Waals surface area contributed by atoms with E-state index in [0.717, 1.165) is 5.82 Å². The van der Waals surface area contributed by atoms with E-state index in [1.807, 2.05) is 0 Å². The Kier molecular flexibility index (Phi) is 4.11. The van der Waals surface area contributed by atoms with Gasteiger partial charge in [0.2, 0.25) is 0 Å². The maximum Gasteiger partial charge on any atom is 0.308 e. The smallest absolute Gasteiger partial charge is 0.308 e. The highest BCUT2D eigenvalue weighted by Crippen LogP contribution is 2.41. The Balaban J connectivity index is 2.10. The number of hydrogen-bond donors (Lipinski definition) is 1. The minimum atomic E-state index is -0.777. The first-order valence-electron chi connectivity index (χ1n) is 7.27. The third kappa shape index (κ3) is 3.77. The predicted molar refractivity (Wildman–Crippen MR) is 74.2 cm³/mol. The zero-order valence-corrected chi connectivity index (χ0v) is 12.7. The number of carboxylic acids is 1. The Morgan fingerprint density at radius 1 is 1.45 bits per heavy atom. The number of tetrazole rings is 1.